The van der Waals surface area contributed by atoms with Gasteiger partial charge in [-0.05, 0) is 54.6 Å². The lowest BCUT2D eigenvalue weighted by molar-refractivity contribution is -0.0816. The Morgan fingerprint density at radius 1 is 1.16 bits per heavy atom. The molecule has 0 spiro atoms. The molecule has 0 amide bonds. The Balaban J connectivity index is 1.86. The Bertz CT molecular complexity index is 717. The topological polar surface area (TPSA) is 53.8 Å². The first-order valence-corrected chi connectivity index (χ1v) is 9.19. The molecule has 2 N–H and O–H groups in total. The molecular weight excluding hydrogens is 337 g/mol. The van der Waals surface area contributed by atoms with Crippen LogP contribution in [0.1, 0.15) is 52.0 Å². The summed E-state index contributed by atoms with van der Waals surface area (Å²) < 4.78 is 15.1. The molecule has 1 unspecified atom stereocenters. The Morgan fingerprint density at radius 2 is 1.84 bits per heavy atom. The van der Waals surface area contributed by atoms with Crippen molar-refractivity contribution in [1.82, 2.24) is 14.8 Å². The van der Waals surface area contributed by atoms with Crippen LogP contribution in [0.2, 0.25) is 0 Å². The SMILES string of the molecule is CC(C)(C)C(O)(CCCCCc1ccc(F)cc1)Cn1[nH]cnc1=S. The molecule has 1 aromatic heterocycles. The summed E-state index contributed by atoms with van der Waals surface area (Å²) in [5.74, 6) is -0.198. The average Bonchev–Trinajstić information content (AvgIpc) is 2.93. The number of nitrogens with one attached hydrogen (secondary N) is 1. The molecular formula is C19H28FN3OS. The smallest absolute Gasteiger partial charge is 0.215 e. The molecule has 0 fully saturated rings. The van der Waals surface area contributed by atoms with E-state index in [1.807, 2.05) is 32.9 Å². The Hall–Kier alpha value is -1.53. The monoisotopic (exact) mass is 365 g/mol. The number of aryl methyl sites for hydroxylation is 1. The molecule has 0 aliphatic heterocycles. The van der Waals surface area contributed by atoms with Crippen LogP contribution < -0.4 is 0 Å². The van der Waals surface area contributed by atoms with E-state index in [0.717, 1.165) is 31.2 Å². The molecule has 0 bridgehead atoms. The number of aromatic amines is 1. The second-order valence-corrected chi connectivity index (χ2v) is 8.09. The Kier molecular flexibility index (Phi) is 6.52. The zero-order valence-electron chi connectivity index (χ0n) is 15.3. The van der Waals surface area contributed by atoms with Crippen molar-refractivity contribution in [2.24, 2.45) is 5.41 Å². The van der Waals surface area contributed by atoms with Crippen molar-refractivity contribution in [2.75, 3.05) is 0 Å². The van der Waals surface area contributed by atoms with Gasteiger partial charge in [0.2, 0.25) is 4.77 Å². The van der Waals surface area contributed by atoms with Crippen molar-refractivity contribution in [1.29, 1.82) is 0 Å². The molecule has 0 saturated heterocycles. The zero-order valence-corrected chi connectivity index (χ0v) is 16.1. The van der Waals surface area contributed by atoms with Crippen molar-refractivity contribution in [3.05, 3.63) is 46.7 Å². The normalized spacial score (nSPS) is 14.4. The van der Waals surface area contributed by atoms with Gasteiger partial charge in [0.15, 0.2) is 0 Å². The van der Waals surface area contributed by atoms with Gasteiger partial charge in [0, 0.05) is 0 Å². The fourth-order valence-electron chi connectivity index (χ4n) is 2.92. The number of unbranched alkanes of at least 4 members (excludes halogenated alkanes) is 2. The molecule has 1 atom stereocenters. The summed E-state index contributed by atoms with van der Waals surface area (Å²) in [6.07, 6.45) is 6.14. The van der Waals surface area contributed by atoms with Gasteiger partial charge in [-0.1, -0.05) is 45.7 Å². The molecule has 0 saturated carbocycles. The third kappa shape index (κ3) is 5.47. The van der Waals surface area contributed by atoms with Crippen LogP contribution in [0.25, 0.3) is 0 Å². The molecule has 138 valence electrons. The lowest BCUT2D eigenvalue weighted by Gasteiger charge is -2.40. The minimum Gasteiger partial charge on any atom is -0.387 e. The van der Waals surface area contributed by atoms with Crippen molar-refractivity contribution < 1.29 is 9.50 Å². The number of aliphatic hydroxyl groups is 1. The number of hydrogen-bond acceptors (Lipinski definition) is 3. The van der Waals surface area contributed by atoms with E-state index in [-0.39, 0.29) is 11.2 Å². The molecule has 2 rings (SSSR count). The summed E-state index contributed by atoms with van der Waals surface area (Å²) in [5, 5.41) is 14.2. The summed E-state index contributed by atoms with van der Waals surface area (Å²) in [6, 6.07) is 6.67. The molecule has 0 aliphatic rings. The van der Waals surface area contributed by atoms with E-state index in [1.165, 1.54) is 12.1 Å². The van der Waals surface area contributed by atoms with Gasteiger partial charge in [-0.2, -0.15) is 0 Å². The van der Waals surface area contributed by atoms with Crippen LogP contribution in [-0.4, -0.2) is 25.5 Å². The van der Waals surface area contributed by atoms with Crippen molar-refractivity contribution in [2.45, 2.75) is 65.0 Å². The summed E-state index contributed by atoms with van der Waals surface area (Å²) >= 11 is 5.18. The van der Waals surface area contributed by atoms with E-state index in [4.69, 9.17) is 12.2 Å². The van der Waals surface area contributed by atoms with Crippen LogP contribution in [0.5, 0.6) is 0 Å². The maximum absolute atomic E-state index is 12.9. The van der Waals surface area contributed by atoms with Gasteiger partial charge in [-0.3, -0.25) is 9.78 Å². The number of benzene rings is 1. The van der Waals surface area contributed by atoms with E-state index in [9.17, 15) is 9.50 Å². The second-order valence-electron chi connectivity index (χ2n) is 7.72. The molecule has 4 nitrogen and oxygen atoms in total. The number of aromatic nitrogens is 3. The number of rotatable bonds is 8. The number of nitrogens with zero attached hydrogens (tertiary/aromatic N) is 2. The minimum absolute atomic E-state index is 0.198. The van der Waals surface area contributed by atoms with Gasteiger partial charge >= 0.3 is 0 Å². The predicted molar refractivity (Wildman–Crippen MR) is 100 cm³/mol. The van der Waals surface area contributed by atoms with Crippen molar-refractivity contribution in [3.8, 4) is 0 Å². The molecule has 1 aromatic carbocycles. The van der Waals surface area contributed by atoms with Gasteiger partial charge in [-0.15, -0.1) is 0 Å². The second kappa shape index (κ2) is 8.23. The highest BCUT2D eigenvalue weighted by Gasteiger charge is 2.40. The first kappa shape index (κ1) is 19.8. The number of H-pyrrole nitrogens is 1. The van der Waals surface area contributed by atoms with Crippen LogP contribution in [-0.2, 0) is 13.0 Å². The predicted octanol–water partition coefficient (Wildman–Crippen LogP) is 4.66. The number of hydrogen-bond donors (Lipinski definition) is 2. The van der Waals surface area contributed by atoms with Crippen LogP contribution in [0, 0.1) is 16.0 Å². The molecule has 0 radical (unpaired) electrons. The van der Waals surface area contributed by atoms with E-state index in [0.29, 0.717) is 17.7 Å². The number of halogens is 1. The van der Waals surface area contributed by atoms with E-state index >= 15 is 0 Å². The summed E-state index contributed by atoms with van der Waals surface area (Å²) in [7, 11) is 0. The van der Waals surface area contributed by atoms with Gasteiger partial charge in [-0.25, -0.2) is 9.37 Å². The fourth-order valence-corrected chi connectivity index (χ4v) is 3.09. The summed E-state index contributed by atoms with van der Waals surface area (Å²) in [5.41, 5.74) is 0.00791. The molecule has 1 heterocycles. The highest BCUT2D eigenvalue weighted by Crippen LogP contribution is 2.36. The third-order valence-electron chi connectivity index (χ3n) is 4.90. The standard InChI is InChI=1S/C19H28FN3OS/c1-18(2,3)19(24,13-23-17(25)21-14-22-23)12-6-4-5-7-15-8-10-16(20)11-9-15/h8-11,14,24H,4-7,12-13H2,1-3H3,(H,21,22,25). The van der Waals surface area contributed by atoms with Crippen LogP contribution >= 0.6 is 12.2 Å². The van der Waals surface area contributed by atoms with E-state index in [1.54, 1.807) is 11.0 Å². The van der Waals surface area contributed by atoms with Crippen molar-refractivity contribution >= 4 is 12.2 Å². The minimum atomic E-state index is -0.867. The Morgan fingerprint density at radius 3 is 2.40 bits per heavy atom. The first-order valence-electron chi connectivity index (χ1n) is 8.78. The van der Waals surface area contributed by atoms with Gasteiger partial charge < -0.3 is 5.11 Å². The fraction of sp³-hybridized carbons (Fsp3) is 0.579. The third-order valence-corrected chi connectivity index (χ3v) is 5.23. The highest BCUT2D eigenvalue weighted by molar-refractivity contribution is 7.71. The summed E-state index contributed by atoms with van der Waals surface area (Å²) in [4.78, 5) is 4.02. The largest absolute Gasteiger partial charge is 0.387 e. The summed E-state index contributed by atoms with van der Waals surface area (Å²) in [6.45, 7) is 6.55. The van der Waals surface area contributed by atoms with E-state index < -0.39 is 5.60 Å². The lowest BCUT2D eigenvalue weighted by Crippen LogP contribution is -2.46. The van der Waals surface area contributed by atoms with Crippen LogP contribution in [0.3, 0.4) is 0 Å². The lowest BCUT2D eigenvalue weighted by atomic mass is 9.73. The maximum Gasteiger partial charge on any atom is 0.215 e. The molecule has 2 aromatic rings. The van der Waals surface area contributed by atoms with Gasteiger partial charge in [0.25, 0.3) is 0 Å². The van der Waals surface area contributed by atoms with Gasteiger partial charge in [0.1, 0.15) is 12.1 Å². The van der Waals surface area contributed by atoms with E-state index in [2.05, 4.69) is 10.1 Å². The quantitative estimate of drug-likeness (QED) is 0.528. The maximum atomic E-state index is 12.9. The molecule has 6 heteroatoms. The van der Waals surface area contributed by atoms with Crippen LogP contribution in [0.4, 0.5) is 4.39 Å². The molecule has 0 aliphatic carbocycles. The van der Waals surface area contributed by atoms with Crippen molar-refractivity contribution in [3.63, 3.8) is 0 Å². The highest BCUT2D eigenvalue weighted by atomic mass is 32.1. The van der Waals surface area contributed by atoms with Gasteiger partial charge in [0.05, 0.1) is 12.1 Å². The zero-order chi connectivity index (χ0) is 18.5. The average molecular weight is 366 g/mol. The molecule has 25 heavy (non-hydrogen) atoms. The van der Waals surface area contributed by atoms with Crippen LogP contribution in [0.15, 0.2) is 30.6 Å². The first-order chi connectivity index (χ1) is 11.7. The Labute approximate surface area is 154 Å².